The van der Waals surface area contributed by atoms with Gasteiger partial charge in [0.2, 0.25) is 11.8 Å². The van der Waals surface area contributed by atoms with Crippen molar-refractivity contribution in [3.63, 3.8) is 0 Å². The van der Waals surface area contributed by atoms with Gasteiger partial charge < -0.3 is 14.6 Å². The number of imidazole rings is 1. The minimum atomic E-state index is -0.331. The van der Waals surface area contributed by atoms with Crippen LogP contribution in [0.1, 0.15) is 0 Å². The summed E-state index contributed by atoms with van der Waals surface area (Å²) in [5.74, 6) is 0.363. The average Bonchev–Trinajstić information content (AvgIpc) is 3.41. The predicted octanol–water partition coefficient (Wildman–Crippen LogP) is 2.48. The molecule has 0 radical (unpaired) electrons. The molecule has 5 rings (SSSR count). The number of carbonyl (C=O) groups is 1. The van der Waals surface area contributed by atoms with E-state index >= 15 is 0 Å². The maximum absolute atomic E-state index is 13.2. The molecule has 1 amide bonds. The van der Waals surface area contributed by atoms with Crippen molar-refractivity contribution in [1.29, 1.82) is 0 Å². The lowest BCUT2D eigenvalue weighted by atomic mass is 10.2. The molecule has 5 aromatic rings. The Hall–Kier alpha value is -4.34. The van der Waals surface area contributed by atoms with E-state index in [0.29, 0.717) is 29.5 Å². The number of aromatic nitrogens is 6. The second-order valence-electron chi connectivity index (χ2n) is 7.03. The molecule has 0 aliphatic carbocycles. The minimum absolute atomic E-state index is 0.141. The van der Waals surface area contributed by atoms with Gasteiger partial charge in [-0.2, -0.15) is 4.52 Å². The first kappa shape index (κ1) is 19.6. The maximum Gasteiger partial charge on any atom is 0.240 e. The Kier molecular flexibility index (Phi) is 5.16. The Balaban J connectivity index is 1.19. The van der Waals surface area contributed by atoms with E-state index in [2.05, 4.69) is 25.6 Å². The number of halogens is 1. The maximum atomic E-state index is 13.2. The number of hydrogen-bond donors (Lipinski definition) is 1. The van der Waals surface area contributed by atoms with Crippen molar-refractivity contribution in [3.8, 4) is 17.3 Å². The Labute approximate surface area is 181 Å². The number of nitrogens with zero attached hydrogens (tertiary/aromatic N) is 6. The number of carbonyl (C=O) groups excluding carboxylic acids is 1. The molecule has 160 valence electrons. The third-order valence-electron chi connectivity index (χ3n) is 4.86. The molecule has 0 saturated carbocycles. The highest BCUT2D eigenvalue weighted by Gasteiger charge is 2.11. The van der Waals surface area contributed by atoms with E-state index in [1.165, 1.54) is 16.6 Å². The summed E-state index contributed by atoms with van der Waals surface area (Å²) in [6.45, 7) is 0.730. The lowest BCUT2D eigenvalue weighted by Gasteiger charge is -2.08. The predicted molar refractivity (Wildman–Crippen MR) is 114 cm³/mol. The van der Waals surface area contributed by atoms with Crippen molar-refractivity contribution in [2.24, 2.45) is 0 Å². The largest absolute Gasteiger partial charge is 0.475 e. The van der Waals surface area contributed by atoms with Gasteiger partial charge in [0.15, 0.2) is 11.5 Å². The van der Waals surface area contributed by atoms with Crippen LogP contribution in [-0.2, 0) is 11.3 Å². The molecule has 0 aliphatic rings. The molecule has 0 spiro atoms. The van der Waals surface area contributed by atoms with Crippen LogP contribution in [0.2, 0.25) is 0 Å². The van der Waals surface area contributed by atoms with Crippen LogP contribution in [0.4, 0.5) is 4.39 Å². The number of fused-ring (bicyclic) bond motifs is 2. The highest BCUT2D eigenvalue weighted by atomic mass is 19.1. The normalized spacial score (nSPS) is 11.2. The highest BCUT2D eigenvalue weighted by molar-refractivity contribution is 5.80. The number of nitrogens with one attached hydrogen (secondary N) is 1. The van der Waals surface area contributed by atoms with E-state index in [1.807, 2.05) is 24.3 Å². The van der Waals surface area contributed by atoms with E-state index in [9.17, 15) is 9.18 Å². The summed E-state index contributed by atoms with van der Waals surface area (Å²) >= 11 is 0. The zero-order chi connectivity index (χ0) is 21.9. The zero-order valence-corrected chi connectivity index (χ0v) is 16.8. The van der Waals surface area contributed by atoms with Gasteiger partial charge >= 0.3 is 0 Å². The molecule has 0 atom stereocenters. The number of hydrogen-bond acceptors (Lipinski definition) is 6. The van der Waals surface area contributed by atoms with E-state index in [1.54, 1.807) is 35.2 Å². The molecular weight excluding hydrogens is 413 g/mol. The van der Waals surface area contributed by atoms with Crippen LogP contribution in [0, 0.1) is 5.82 Å². The van der Waals surface area contributed by atoms with Crippen LogP contribution < -0.4 is 10.1 Å². The van der Waals surface area contributed by atoms with Gasteiger partial charge in [-0.25, -0.2) is 9.37 Å². The molecule has 0 unspecified atom stereocenters. The Bertz CT molecular complexity index is 1390. The van der Waals surface area contributed by atoms with E-state index in [0.717, 1.165) is 11.0 Å². The summed E-state index contributed by atoms with van der Waals surface area (Å²) < 4.78 is 22.2. The van der Waals surface area contributed by atoms with Crippen molar-refractivity contribution in [3.05, 3.63) is 72.8 Å². The molecule has 9 nitrogen and oxygen atoms in total. The first-order chi connectivity index (χ1) is 15.7. The standard InChI is InChI=1S/C22H18FN7O2/c23-16-7-5-15(6-8-16)22-27-26-19-9-10-21(28-30(19)22)32-12-11-24-20(31)13-29-14-25-17-3-1-2-4-18(17)29/h1-10,14H,11-13H2,(H,24,31). The number of benzene rings is 2. The second kappa shape index (κ2) is 8.42. The van der Waals surface area contributed by atoms with Gasteiger partial charge in [-0.1, -0.05) is 12.1 Å². The fourth-order valence-corrected chi connectivity index (χ4v) is 3.32. The van der Waals surface area contributed by atoms with Crippen molar-refractivity contribution in [2.45, 2.75) is 6.54 Å². The summed E-state index contributed by atoms with van der Waals surface area (Å²) in [6, 6.07) is 17.0. The van der Waals surface area contributed by atoms with E-state index < -0.39 is 0 Å². The van der Waals surface area contributed by atoms with Crippen molar-refractivity contribution >= 4 is 22.6 Å². The van der Waals surface area contributed by atoms with Gasteiger partial charge in [0, 0.05) is 11.6 Å². The molecule has 0 bridgehead atoms. The monoisotopic (exact) mass is 431 g/mol. The van der Waals surface area contributed by atoms with Gasteiger partial charge in [-0.05, 0) is 42.5 Å². The third-order valence-corrected chi connectivity index (χ3v) is 4.86. The third kappa shape index (κ3) is 3.97. The van der Waals surface area contributed by atoms with Crippen molar-refractivity contribution < 1.29 is 13.9 Å². The summed E-state index contributed by atoms with van der Waals surface area (Å²) in [5.41, 5.74) is 2.97. The van der Waals surface area contributed by atoms with Gasteiger partial charge in [0.05, 0.1) is 23.9 Å². The van der Waals surface area contributed by atoms with Crippen LogP contribution >= 0.6 is 0 Å². The molecule has 2 aromatic carbocycles. The number of amides is 1. The average molecular weight is 431 g/mol. The first-order valence-corrected chi connectivity index (χ1v) is 9.95. The molecule has 0 aliphatic heterocycles. The number of para-hydroxylation sites is 2. The van der Waals surface area contributed by atoms with Gasteiger partial charge in [-0.15, -0.1) is 15.3 Å². The molecule has 1 N–H and O–H groups in total. The van der Waals surface area contributed by atoms with Crippen LogP contribution in [0.15, 0.2) is 67.0 Å². The Morgan fingerprint density at radius 3 is 2.75 bits per heavy atom. The topological polar surface area (TPSA) is 99.2 Å². The molecule has 3 heterocycles. The molecule has 10 heteroatoms. The molecule has 3 aromatic heterocycles. The summed E-state index contributed by atoms with van der Waals surface area (Å²) in [5, 5.41) is 15.4. The lowest BCUT2D eigenvalue weighted by molar-refractivity contribution is -0.121. The Morgan fingerprint density at radius 2 is 1.88 bits per heavy atom. The van der Waals surface area contributed by atoms with Gasteiger partial charge in [0.1, 0.15) is 19.0 Å². The lowest BCUT2D eigenvalue weighted by Crippen LogP contribution is -2.31. The minimum Gasteiger partial charge on any atom is -0.475 e. The second-order valence-corrected chi connectivity index (χ2v) is 7.03. The van der Waals surface area contributed by atoms with Crippen LogP contribution in [0.5, 0.6) is 5.88 Å². The molecule has 32 heavy (non-hydrogen) atoms. The van der Waals surface area contributed by atoms with Crippen LogP contribution in [-0.4, -0.2) is 48.4 Å². The van der Waals surface area contributed by atoms with Crippen molar-refractivity contribution in [1.82, 2.24) is 34.7 Å². The quantitative estimate of drug-likeness (QED) is 0.398. The SMILES string of the molecule is O=C(Cn1cnc2ccccc21)NCCOc1ccc2nnc(-c3ccc(F)cc3)n2n1. The smallest absolute Gasteiger partial charge is 0.240 e. The van der Waals surface area contributed by atoms with Gasteiger partial charge in [-0.3, -0.25) is 4.79 Å². The van der Waals surface area contributed by atoms with Crippen LogP contribution in [0.25, 0.3) is 28.1 Å². The number of rotatable bonds is 7. The fraction of sp³-hybridized carbons (Fsp3) is 0.136. The zero-order valence-electron chi connectivity index (χ0n) is 16.8. The van der Waals surface area contributed by atoms with Crippen molar-refractivity contribution in [2.75, 3.05) is 13.2 Å². The first-order valence-electron chi connectivity index (χ1n) is 9.95. The summed E-state index contributed by atoms with van der Waals surface area (Å²) in [7, 11) is 0. The van der Waals surface area contributed by atoms with Gasteiger partial charge in [0.25, 0.3) is 0 Å². The molecule has 0 saturated heterocycles. The van der Waals surface area contributed by atoms with E-state index in [4.69, 9.17) is 4.74 Å². The fourth-order valence-electron chi connectivity index (χ4n) is 3.32. The van der Waals surface area contributed by atoms with E-state index in [-0.39, 0.29) is 24.9 Å². The molecular formula is C22H18FN7O2. The molecule has 0 fully saturated rings. The number of ether oxygens (including phenoxy) is 1. The highest BCUT2D eigenvalue weighted by Crippen LogP contribution is 2.19. The summed E-state index contributed by atoms with van der Waals surface area (Å²) in [6.07, 6.45) is 1.65. The summed E-state index contributed by atoms with van der Waals surface area (Å²) in [4.78, 5) is 16.5. The van der Waals surface area contributed by atoms with Crippen LogP contribution in [0.3, 0.4) is 0 Å². The Morgan fingerprint density at radius 1 is 1.03 bits per heavy atom.